The molecule has 39 heavy (non-hydrogen) atoms. The van der Waals surface area contributed by atoms with E-state index in [4.69, 9.17) is 14.5 Å². The average Bonchev–Trinajstić information content (AvgIpc) is 3.64. The van der Waals surface area contributed by atoms with E-state index >= 15 is 0 Å². The van der Waals surface area contributed by atoms with Crippen molar-refractivity contribution in [1.29, 1.82) is 0 Å². The molecular formula is C27H34N8O3S. The van der Waals surface area contributed by atoms with Gasteiger partial charge in [-0.3, -0.25) is 9.51 Å². The van der Waals surface area contributed by atoms with Gasteiger partial charge in [-0.1, -0.05) is 17.7 Å². The number of H-pyrrole nitrogens is 1. The monoisotopic (exact) mass is 550 g/mol. The molecule has 2 aliphatic carbocycles. The molecule has 2 fully saturated rings. The summed E-state index contributed by atoms with van der Waals surface area (Å²) in [7, 11) is 0. The van der Waals surface area contributed by atoms with Crippen LogP contribution in [-0.2, 0) is 12.1 Å². The van der Waals surface area contributed by atoms with Crippen LogP contribution in [0.15, 0.2) is 33.5 Å². The van der Waals surface area contributed by atoms with Crippen molar-refractivity contribution in [3.8, 4) is 11.6 Å². The van der Waals surface area contributed by atoms with Gasteiger partial charge in [-0.05, 0) is 70.1 Å². The molecule has 0 aromatic carbocycles. The summed E-state index contributed by atoms with van der Waals surface area (Å²) in [4.78, 5) is 33.1. The Hall–Kier alpha value is -3.38. The number of aromatic nitrogens is 7. The predicted octanol–water partition coefficient (Wildman–Crippen LogP) is 4.47. The highest BCUT2D eigenvalue weighted by Crippen LogP contribution is 2.38. The van der Waals surface area contributed by atoms with Crippen molar-refractivity contribution in [3.05, 3.63) is 45.6 Å². The third kappa shape index (κ3) is 4.91. The fourth-order valence-electron chi connectivity index (χ4n) is 5.82. The van der Waals surface area contributed by atoms with Crippen LogP contribution in [0.25, 0.3) is 22.8 Å². The van der Waals surface area contributed by atoms with Gasteiger partial charge in [-0.2, -0.15) is 0 Å². The highest BCUT2D eigenvalue weighted by atomic mass is 32.1. The topological polar surface area (TPSA) is 148 Å². The number of allylic oxidation sites excluding steroid dienone is 1. The van der Waals surface area contributed by atoms with Crippen molar-refractivity contribution in [2.45, 2.75) is 77.0 Å². The lowest BCUT2D eigenvalue weighted by Crippen LogP contribution is -2.32. The summed E-state index contributed by atoms with van der Waals surface area (Å²) < 4.78 is 6.81. The van der Waals surface area contributed by atoms with Gasteiger partial charge in [0.15, 0.2) is 22.9 Å². The van der Waals surface area contributed by atoms with Gasteiger partial charge in [0.2, 0.25) is 11.6 Å². The van der Waals surface area contributed by atoms with Crippen LogP contribution in [0.5, 0.6) is 0 Å². The van der Waals surface area contributed by atoms with Gasteiger partial charge in [0, 0.05) is 24.2 Å². The zero-order valence-electron chi connectivity index (χ0n) is 22.3. The van der Waals surface area contributed by atoms with Crippen molar-refractivity contribution < 1.29 is 9.63 Å². The van der Waals surface area contributed by atoms with E-state index in [1.165, 1.54) is 30.6 Å². The summed E-state index contributed by atoms with van der Waals surface area (Å²) in [6.45, 7) is 8.56. The average molecular weight is 551 g/mol. The number of thiazole rings is 1. The number of nitrogens with zero attached hydrogens (tertiary/aromatic N) is 6. The highest BCUT2D eigenvalue weighted by Gasteiger charge is 2.37. The third-order valence-electron chi connectivity index (χ3n) is 8.43. The number of imidazole rings is 1. The van der Waals surface area contributed by atoms with Crippen LogP contribution in [0.4, 0.5) is 5.82 Å². The molecule has 6 rings (SSSR count). The van der Waals surface area contributed by atoms with Gasteiger partial charge in [0.25, 0.3) is 0 Å². The number of aliphatic hydroxyl groups is 1. The summed E-state index contributed by atoms with van der Waals surface area (Å²) in [5, 5.41) is 21.7. The lowest BCUT2D eigenvalue weighted by molar-refractivity contribution is 0.0864. The van der Waals surface area contributed by atoms with E-state index in [2.05, 4.69) is 49.6 Å². The SMILES string of the molecule is C=CC1CCC(Cn2c(C(C)(O)c3nccs3)nc3nc(-c4noc(=O)[nH]4)nc(NC(C)C4CCC4)c32)CC1. The molecule has 2 saturated carbocycles. The van der Waals surface area contributed by atoms with Crippen LogP contribution in [0.1, 0.15) is 69.6 Å². The smallest absolute Gasteiger partial charge is 0.375 e. The fraction of sp³-hybridized carbons (Fsp3) is 0.556. The van der Waals surface area contributed by atoms with Gasteiger partial charge >= 0.3 is 5.76 Å². The largest absolute Gasteiger partial charge is 0.439 e. The lowest BCUT2D eigenvalue weighted by atomic mass is 9.80. The Balaban J connectivity index is 1.51. The Morgan fingerprint density at radius 1 is 1.28 bits per heavy atom. The van der Waals surface area contributed by atoms with Gasteiger partial charge in [0.05, 0.1) is 0 Å². The molecule has 4 aromatic rings. The quantitative estimate of drug-likeness (QED) is 0.257. The maximum absolute atomic E-state index is 11.8. The minimum absolute atomic E-state index is 0.131. The first-order chi connectivity index (χ1) is 18.8. The van der Waals surface area contributed by atoms with Gasteiger partial charge in [-0.25, -0.2) is 24.7 Å². The first kappa shape index (κ1) is 25.9. The number of nitrogens with one attached hydrogen (secondary N) is 2. The van der Waals surface area contributed by atoms with E-state index in [9.17, 15) is 9.90 Å². The molecule has 0 saturated heterocycles. The molecule has 11 nitrogen and oxygen atoms in total. The van der Waals surface area contributed by atoms with E-state index in [0.717, 1.165) is 31.2 Å². The summed E-state index contributed by atoms with van der Waals surface area (Å²) >= 11 is 1.39. The zero-order valence-corrected chi connectivity index (χ0v) is 23.1. The second kappa shape index (κ2) is 10.3. The van der Waals surface area contributed by atoms with E-state index in [1.54, 1.807) is 13.1 Å². The van der Waals surface area contributed by atoms with Crippen molar-refractivity contribution in [2.24, 2.45) is 17.8 Å². The Morgan fingerprint density at radius 3 is 2.69 bits per heavy atom. The van der Waals surface area contributed by atoms with E-state index in [0.29, 0.717) is 46.6 Å². The molecular weight excluding hydrogens is 516 g/mol. The number of hydrogen-bond donors (Lipinski definition) is 3. The van der Waals surface area contributed by atoms with Crippen molar-refractivity contribution in [2.75, 3.05) is 5.32 Å². The Kier molecular flexibility index (Phi) is 6.84. The molecule has 3 N–H and O–H groups in total. The minimum Gasteiger partial charge on any atom is -0.375 e. The van der Waals surface area contributed by atoms with Crippen LogP contribution in [0.2, 0.25) is 0 Å². The van der Waals surface area contributed by atoms with Crippen molar-refractivity contribution in [3.63, 3.8) is 0 Å². The molecule has 4 aromatic heterocycles. The van der Waals surface area contributed by atoms with Crippen LogP contribution in [0, 0.1) is 17.8 Å². The molecule has 0 bridgehead atoms. The summed E-state index contributed by atoms with van der Waals surface area (Å²) in [5.41, 5.74) is -0.293. The normalized spacial score (nSPS) is 22.3. The van der Waals surface area contributed by atoms with Gasteiger partial charge < -0.3 is 15.0 Å². The number of fused-ring (bicyclic) bond motifs is 1. The third-order valence-corrected chi connectivity index (χ3v) is 9.41. The Labute approximate surface area is 229 Å². The number of aromatic amines is 1. The summed E-state index contributed by atoms with van der Waals surface area (Å²) in [5.74, 6) is 2.24. The summed E-state index contributed by atoms with van der Waals surface area (Å²) in [6, 6.07) is 0.176. The minimum atomic E-state index is -1.44. The fourth-order valence-corrected chi connectivity index (χ4v) is 6.51. The van der Waals surface area contributed by atoms with Gasteiger partial charge in [0.1, 0.15) is 10.5 Å². The number of hydrogen-bond acceptors (Lipinski definition) is 10. The molecule has 4 heterocycles. The predicted molar refractivity (Wildman–Crippen MR) is 148 cm³/mol. The maximum Gasteiger partial charge on any atom is 0.439 e. The van der Waals surface area contributed by atoms with Gasteiger partial charge in [-0.15, -0.1) is 17.9 Å². The molecule has 12 heteroatoms. The second-order valence-electron chi connectivity index (χ2n) is 11.1. The van der Waals surface area contributed by atoms with Crippen LogP contribution in [-0.4, -0.2) is 45.8 Å². The molecule has 2 atom stereocenters. The molecule has 206 valence electrons. The first-order valence-corrected chi connectivity index (χ1v) is 14.6. The second-order valence-corrected chi connectivity index (χ2v) is 12.0. The van der Waals surface area contributed by atoms with Crippen LogP contribution >= 0.6 is 11.3 Å². The highest BCUT2D eigenvalue weighted by molar-refractivity contribution is 7.09. The molecule has 0 aliphatic heterocycles. The summed E-state index contributed by atoms with van der Waals surface area (Å²) in [6.07, 6.45) is 11.6. The van der Waals surface area contributed by atoms with E-state index < -0.39 is 11.4 Å². The molecule has 0 radical (unpaired) electrons. The van der Waals surface area contributed by atoms with E-state index in [-0.39, 0.29) is 17.7 Å². The molecule has 0 spiro atoms. The zero-order chi connectivity index (χ0) is 27.1. The van der Waals surface area contributed by atoms with Crippen molar-refractivity contribution in [1.82, 2.24) is 34.6 Å². The lowest BCUT2D eigenvalue weighted by Gasteiger charge is -2.32. The number of rotatable bonds is 9. The van der Waals surface area contributed by atoms with Crippen molar-refractivity contribution >= 4 is 28.3 Å². The Morgan fingerprint density at radius 2 is 2.08 bits per heavy atom. The van der Waals surface area contributed by atoms with Crippen LogP contribution < -0.4 is 11.1 Å². The Bertz CT molecular complexity index is 1510. The van der Waals surface area contributed by atoms with E-state index in [1.807, 2.05) is 5.38 Å². The standard InChI is InChI=1S/C27H34N8O3S/c1-4-16-8-10-17(11-9-16)14-35-19-20(29-15(2)18-6-5-7-18)30-22(23-33-26(36)38-34-23)31-21(19)32-24(35)27(3,37)25-28-12-13-39-25/h4,12-13,15-18,37H,1,5-11,14H2,2-3H3,(H,29,30,31)(H,33,34,36). The molecule has 2 unspecified atom stereocenters. The number of anilines is 1. The molecule has 2 aliphatic rings. The maximum atomic E-state index is 11.8. The van der Waals surface area contributed by atoms with Crippen LogP contribution in [0.3, 0.4) is 0 Å². The first-order valence-electron chi connectivity index (χ1n) is 13.7. The molecule has 0 amide bonds.